The van der Waals surface area contributed by atoms with Crippen molar-refractivity contribution in [1.82, 2.24) is 15.1 Å². The molecule has 1 atom stereocenters. The Morgan fingerprint density at radius 3 is 2.50 bits per heavy atom. The number of halogens is 1. The molecule has 2 aromatic carbocycles. The van der Waals surface area contributed by atoms with Gasteiger partial charge in [0.05, 0.1) is 0 Å². The van der Waals surface area contributed by atoms with E-state index in [9.17, 15) is 14.0 Å². The lowest BCUT2D eigenvalue weighted by Gasteiger charge is -2.26. The van der Waals surface area contributed by atoms with Crippen LogP contribution in [0.15, 0.2) is 47.0 Å². The van der Waals surface area contributed by atoms with Gasteiger partial charge in [-0.25, -0.2) is 9.37 Å². The Bertz CT molecular complexity index is 1380. The summed E-state index contributed by atoms with van der Waals surface area (Å²) in [4.78, 5) is 35.1. The number of amides is 1. The van der Waals surface area contributed by atoms with E-state index >= 15 is 0 Å². The third-order valence-electron chi connectivity index (χ3n) is 5.42. The molecule has 4 rings (SSSR count). The number of rotatable bonds is 7. The molecule has 9 nitrogen and oxygen atoms in total. The van der Waals surface area contributed by atoms with Gasteiger partial charge in [0.1, 0.15) is 22.6 Å². The summed E-state index contributed by atoms with van der Waals surface area (Å²) in [6.45, 7) is 5.46. The number of anilines is 3. The van der Waals surface area contributed by atoms with E-state index in [2.05, 4.69) is 15.1 Å². The van der Waals surface area contributed by atoms with Crippen LogP contribution in [-0.2, 0) is 4.79 Å². The number of hydrogen-bond acceptors (Lipinski definition) is 9. The lowest BCUT2D eigenvalue weighted by atomic mass is 10.0. The molecule has 2 heterocycles. The number of carbonyl (C=O) groups is 2. The number of nitrogen functional groups attached to an aromatic ring is 1. The molecule has 11 heteroatoms. The Hall–Kier alpha value is -4.12. The molecule has 4 N–H and O–H groups in total. The van der Waals surface area contributed by atoms with Gasteiger partial charge in [0.15, 0.2) is 5.13 Å². The van der Waals surface area contributed by atoms with Crippen LogP contribution in [0, 0.1) is 19.7 Å². The van der Waals surface area contributed by atoms with Gasteiger partial charge in [0, 0.05) is 11.3 Å². The second-order valence-corrected chi connectivity index (χ2v) is 8.61. The average Bonchev–Trinajstić information content (AvgIpc) is 3.44. The molecule has 0 spiro atoms. The third-order valence-corrected chi connectivity index (χ3v) is 6.49. The molecule has 0 saturated carbocycles. The summed E-state index contributed by atoms with van der Waals surface area (Å²) in [5.74, 6) is -1.71. The summed E-state index contributed by atoms with van der Waals surface area (Å²) in [5, 5.41) is 4.17. The Balaban J connectivity index is 1.70. The van der Waals surface area contributed by atoms with Crippen molar-refractivity contribution < 1.29 is 18.5 Å². The van der Waals surface area contributed by atoms with E-state index in [-0.39, 0.29) is 27.5 Å². The minimum absolute atomic E-state index is 0.0648. The quantitative estimate of drug-likeness (QED) is 0.381. The third kappa shape index (κ3) is 4.25. The van der Waals surface area contributed by atoms with Gasteiger partial charge < -0.3 is 20.9 Å². The summed E-state index contributed by atoms with van der Waals surface area (Å²) in [7, 11) is 0. The molecule has 0 bridgehead atoms. The van der Waals surface area contributed by atoms with E-state index in [1.54, 1.807) is 6.92 Å². The molecule has 0 aliphatic heterocycles. The van der Waals surface area contributed by atoms with Gasteiger partial charge in [-0.15, -0.1) is 0 Å². The van der Waals surface area contributed by atoms with Crippen LogP contribution in [0.5, 0.6) is 0 Å². The van der Waals surface area contributed by atoms with E-state index < -0.39 is 23.5 Å². The Kier molecular flexibility index (Phi) is 6.12. The van der Waals surface area contributed by atoms with Gasteiger partial charge in [0.2, 0.25) is 11.7 Å². The van der Waals surface area contributed by atoms with E-state index in [0.717, 1.165) is 28.0 Å². The van der Waals surface area contributed by atoms with E-state index in [4.69, 9.17) is 16.0 Å². The van der Waals surface area contributed by atoms with Crippen molar-refractivity contribution in [2.75, 3.05) is 10.6 Å². The number of thiazole rings is 1. The fourth-order valence-electron chi connectivity index (χ4n) is 3.33. The Morgan fingerprint density at radius 2 is 1.82 bits per heavy atom. The maximum Gasteiger partial charge on any atom is 0.300 e. The molecule has 34 heavy (non-hydrogen) atoms. The first kappa shape index (κ1) is 23.1. The van der Waals surface area contributed by atoms with Gasteiger partial charge in [0.25, 0.3) is 11.7 Å². The predicted molar refractivity (Wildman–Crippen MR) is 126 cm³/mol. The lowest BCUT2D eigenvalue weighted by molar-refractivity contribution is -0.118. The molecule has 174 valence electrons. The number of nitrogens with zero attached hydrogens (tertiary/aromatic N) is 4. The Labute approximate surface area is 198 Å². The number of nitrogens with two attached hydrogens (primary N) is 2. The second kappa shape index (κ2) is 9.02. The molecule has 0 unspecified atom stereocenters. The normalized spacial score (nSPS) is 11.9. The number of ketones is 1. The van der Waals surface area contributed by atoms with Crippen molar-refractivity contribution in [3.05, 3.63) is 70.2 Å². The maximum absolute atomic E-state index is 13.4. The highest BCUT2D eigenvalue weighted by atomic mass is 32.1. The lowest BCUT2D eigenvalue weighted by Crippen LogP contribution is -2.39. The minimum atomic E-state index is -0.849. The average molecular weight is 481 g/mol. The van der Waals surface area contributed by atoms with Crippen molar-refractivity contribution >= 4 is 39.7 Å². The van der Waals surface area contributed by atoms with Crippen LogP contribution < -0.4 is 16.4 Å². The summed E-state index contributed by atoms with van der Waals surface area (Å²) in [5.41, 5.74) is 14.8. The fourth-order valence-corrected chi connectivity index (χ4v) is 4.35. The monoisotopic (exact) mass is 480 g/mol. The van der Waals surface area contributed by atoms with Crippen molar-refractivity contribution in [2.24, 2.45) is 5.73 Å². The molecular formula is C23H21FN6O3S. The predicted octanol–water partition coefficient (Wildman–Crippen LogP) is 3.77. The smallest absolute Gasteiger partial charge is 0.300 e. The summed E-state index contributed by atoms with van der Waals surface area (Å²) in [6, 6.07) is 10.3. The SMILES string of the molecule is Cc1cccc(-c2noc(C(=O)c3sc(N(c4ccc(F)cc4)[C@H](C)C(N)=O)nc3N)n2)c1C. The molecule has 0 radical (unpaired) electrons. The Morgan fingerprint density at radius 1 is 1.12 bits per heavy atom. The van der Waals surface area contributed by atoms with Crippen LogP contribution in [0.25, 0.3) is 11.4 Å². The largest absolute Gasteiger partial charge is 0.382 e. The first-order valence-electron chi connectivity index (χ1n) is 10.2. The van der Waals surface area contributed by atoms with E-state index in [1.807, 2.05) is 32.0 Å². The number of benzene rings is 2. The van der Waals surface area contributed by atoms with Crippen molar-refractivity contribution in [3.63, 3.8) is 0 Å². The van der Waals surface area contributed by atoms with Crippen LogP contribution >= 0.6 is 11.3 Å². The zero-order valence-corrected chi connectivity index (χ0v) is 19.4. The number of hydrogen-bond donors (Lipinski definition) is 2. The maximum atomic E-state index is 13.4. The molecule has 0 aliphatic carbocycles. The number of aryl methyl sites for hydroxylation is 1. The molecule has 1 amide bonds. The van der Waals surface area contributed by atoms with Crippen LogP contribution in [0.1, 0.15) is 33.6 Å². The molecule has 0 fully saturated rings. The van der Waals surface area contributed by atoms with Gasteiger partial charge in [-0.3, -0.25) is 9.59 Å². The van der Waals surface area contributed by atoms with Crippen LogP contribution in [0.4, 0.5) is 21.0 Å². The molecule has 0 saturated heterocycles. The standard InChI is InChI=1S/C23H21FN6O3S/c1-11-5-4-6-16(12(11)2)21-28-22(33-29-21)17(31)18-19(25)27-23(34-18)30(13(3)20(26)32)15-9-7-14(24)8-10-15/h4-10,13H,25H2,1-3H3,(H2,26,32)/t13-/m1/s1. The molecule has 4 aromatic rings. The first-order valence-corrected chi connectivity index (χ1v) is 11.0. The van der Waals surface area contributed by atoms with Crippen molar-refractivity contribution in [1.29, 1.82) is 0 Å². The summed E-state index contributed by atoms with van der Waals surface area (Å²) in [6.07, 6.45) is 0. The molecule has 0 aliphatic rings. The van der Waals surface area contributed by atoms with Gasteiger partial charge >= 0.3 is 0 Å². The first-order chi connectivity index (χ1) is 16.2. The number of carbonyl (C=O) groups excluding carboxylic acids is 2. The minimum Gasteiger partial charge on any atom is -0.382 e. The topological polar surface area (TPSA) is 141 Å². The van der Waals surface area contributed by atoms with E-state index in [1.165, 1.54) is 29.2 Å². The van der Waals surface area contributed by atoms with Crippen molar-refractivity contribution in [3.8, 4) is 11.4 Å². The van der Waals surface area contributed by atoms with Crippen LogP contribution in [-0.4, -0.2) is 32.9 Å². The summed E-state index contributed by atoms with van der Waals surface area (Å²) < 4.78 is 18.7. The van der Waals surface area contributed by atoms with Gasteiger partial charge in [-0.2, -0.15) is 4.98 Å². The van der Waals surface area contributed by atoms with Crippen molar-refractivity contribution in [2.45, 2.75) is 26.8 Å². The number of primary amides is 1. The van der Waals surface area contributed by atoms with E-state index in [0.29, 0.717) is 5.69 Å². The van der Waals surface area contributed by atoms with Crippen LogP contribution in [0.2, 0.25) is 0 Å². The highest BCUT2D eigenvalue weighted by Gasteiger charge is 2.29. The second-order valence-electron chi connectivity index (χ2n) is 7.64. The van der Waals surface area contributed by atoms with Crippen LogP contribution in [0.3, 0.4) is 0 Å². The van der Waals surface area contributed by atoms with Gasteiger partial charge in [-0.05, 0) is 56.2 Å². The highest BCUT2D eigenvalue weighted by molar-refractivity contribution is 7.18. The van der Waals surface area contributed by atoms with Gasteiger partial charge in [-0.1, -0.05) is 34.7 Å². The zero-order valence-electron chi connectivity index (χ0n) is 18.6. The number of aromatic nitrogens is 3. The summed E-state index contributed by atoms with van der Waals surface area (Å²) >= 11 is 0.937. The molecular weight excluding hydrogens is 459 g/mol. The zero-order chi connectivity index (χ0) is 24.6. The molecule has 2 aromatic heterocycles. The fraction of sp³-hybridized carbons (Fsp3) is 0.174. The highest BCUT2D eigenvalue weighted by Crippen LogP contribution is 2.36.